The van der Waals surface area contributed by atoms with E-state index in [0.717, 1.165) is 22.4 Å². The zero-order chi connectivity index (χ0) is 25.0. The first kappa shape index (κ1) is 24.2. The molecule has 4 rings (SSSR count). The molecule has 0 aliphatic carbocycles. The van der Waals surface area contributed by atoms with E-state index in [4.69, 9.17) is 10.5 Å². The Morgan fingerprint density at radius 1 is 1.06 bits per heavy atom. The molecule has 0 aliphatic rings. The lowest BCUT2D eigenvalue weighted by atomic mass is 10.00. The minimum Gasteiger partial charge on any atom is -0.439 e. The highest BCUT2D eigenvalue weighted by Crippen LogP contribution is 2.31. The van der Waals surface area contributed by atoms with Gasteiger partial charge in [-0.3, -0.25) is 4.68 Å². The Balaban J connectivity index is 1.71. The normalized spacial score (nSPS) is 11.3. The number of sulfonamides is 1. The number of aryl methyl sites for hydroxylation is 3. The van der Waals surface area contributed by atoms with Crippen LogP contribution in [-0.2, 0) is 17.1 Å². The molecule has 10 nitrogen and oxygen atoms in total. The Hall–Kier alpha value is -3.96. The van der Waals surface area contributed by atoms with E-state index in [0.29, 0.717) is 24.5 Å². The molecule has 35 heavy (non-hydrogen) atoms. The zero-order valence-electron chi connectivity index (χ0n) is 19.7. The maximum Gasteiger partial charge on any atom is 0.267 e. The van der Waals surface area contributed by atoms with Gasteiger partial charge in [-0.25, -0.2) is 18.1 Å². The van der Waals surface area contributed by atoms with Crippen LogP contribution in [0.3, 0.4) is 0 Å². The molecule has 0 saturated carbocycles. The Labute approximate surface area is 204 Å². The van der Waals surface area contributed by atoms with Gasteiger partial charge in [0.25, 0.3) is 10.0 Å². The first-order valence-corrected chi connectivity index (χ1v) is 12.4. The summed E-state index contributed by atoms with van der Waals surface area (Å²) in [6.45, 7) is 5.12. The summed E-state index contributed by atoms with van der Waals surface area (Å²) in [6.07, 6.45) is 2.66. The van der Waals surface area contributed by atoms with Crippen molar-refractivity contribution < 1.29 is 13.2 Å². The lowest BCUT2D eigenvalue weighted by Crippen LogP contribution is -2.15. The third-order valence-electron chi connectivity index (χ3n) is 5.21. The Kier molecular flexibility index (Phi) is 6.99. The fourth-order valence-corrected chi connectivity index (χ4v) is 4.49. The summed E-state index contributed by atoms with van der Waals surface area (Å²) in [7, 11) is -2.31. The number of benzene rings is 2. The molecule has 2 aromatic carbocycles. The lowest BCUT2D eigenvalue weighted by molar-refractivity contribution is 0.463. The van der Waals surface area contributed by atoms with Gasteiger partial charge < -0.3 is 15.8 Å². The van der Waals surface area contributed by atoms with E-state index < -0.39 is 10.0 Å². The number of nitrogens with one attached hydrogen (secondary N) is 2. The second-order valence-electron chi connectivity index (χ2n) is 7.98. The smallest absolute Gasteiger partial charge is 0.267 e. The molecule has 2 heterocycles. The summed E-state index contributed by atoms with van der Waals surface area (Å²) in [5, 5.41) is 7.12. The van der Waals surface area contributed by atoms with E-state index >= 15 is 0 Å². The zero-order valence-corrected chi connectivity index (χ0v) is 20.5. The molecule has 182 valence electrons. The molecule has 11 heteroatoms. The van der Waals surface area contributed by atoms with Crippen LogP contribution in [0, 0.1) is 13.8 Å². The summed E-state index contributed by atoms with van der Waals surface area (Å²) in [5.74, 6) is 0.630. The van der Waals surface area contributed by atoms with E-state index in [2.05, 4.69) is 25.1 Å². The standard InChI is InChI=1S/C24H27N7O3S/c1-16-5-4-6-17(2)23(16)21-13-22(34-19-9-7-18(8-10-19)26-12-11-25)29-24(28-21)30-35(32,33)20-14-27-31(3)15-20/h4-10,13-15,26H,11-12,25H2,1-3H3,(H,28,29,30). The van der Waals surface area contributed by atoms with Crippen LogP contribution < -0.4 is 20.5 Å². The molecule has 0 bridgehead atoms. The fourth-order valence-electron chi connectivity index (χ4n) is 3.56. The van der Waals surface area contributed by atoms with Gasteiger partial charge in [0.15, 0.2) is 0 Å². The molecule has 4 N–H and O–H groups in total. The van der Waals surface area contributed by atoms with E-state index in [1.807, 2.05) is 44.2 Å². The molecule has 0 amide bonds. The maximum absolute atomic E-state index is 12.9. The number of anilines is 2. The van der Waals surface area contributed by atoms with Gasteiger partial charge in [0.05, 0.1) is 11.9 Å². The molecule has 0 saturated heterocycles. The van der Waals surface area contributed by atoms with E-state index in [1.165, 1.54) is 17.1 Å². The average Bonchev–Trinajstić information content (AvgIpc) is 3.25. The van der Waals surface area contributed by atoms with Gasteiger partial charge in [0.2, 0.25) is 11.8 Å². The van der Waals surface area contributed by atoms with Gasteiger partial charge in [0, 0.05) is 43.7 Å². The van der Waals surface area contributed by atoms with Gasteiger partial charge in [-0.2, -0.15) is 10.1 Å². The molecular formula is C24H27N7O3S. The molecule has 2 aromatic heterocycles. The highest BCUT2D eigenvalue weighted by molar-refractivity contribution is 7.92. The van der Waals surface area contributed by atoms with Gasteiger partial charge in [0.1, 0.15) is 10.6 Å². The van der Waals surface area contributed by atoms with Crippen molar-refractivity contribution in [1.29, 1.82) is 0 Å². The minimum atomic E-state index is -3.95. The largest absolute Gasteiger partial charge is 0.439 e. The number of hydrogen-bond donors (Lipinski definition) is 3. The summed E-state index contributed by atoms with van der Waals surface area (Å²) in [6, 6.07) is 14.9. The van der Waals surface area contributed by atoms with Crippen molar-refractivity contribution in [2.75, 3.05) is 23.1 Å². The summed E-state index contributed by atoms with van der Waals surface area (Å²) in [4.78, 5) is 8.83. The molecular weight excluding hydrogens is 466 g/mol. The second-order valence-corrected chi connectivity index (χ2v) is 9.66. The Morgan fingerprint density at radius 3 is 2.40 bits per heavy atom. The molecule has 0 aliphatic heterocycles. The number of hydrogen-bond acceptors (Lipinski definition) is 8. The first-order valence-electron chi connectivity index (χ1n) is 10.9. The van der Waals surface area contributed by atoms with Crippen LogP contribution in [-0.4, -0.2) is 41.3 Å². The topological polar surface area (TPSA) is 137 Å². The van der Waals surface area contributed by atoms with E-state index in [9.17, 15) is 8.42 Å². The molecule has 0 unspecified atom stereocenters. The van der Waals surface area contributed by atoms with Crippen molar-refractivity contribution in [2.45, 2.75) is 18.7 Å². The van der Waals surface area contributed by atoms with Crippen molar-refractivity contribution in [3.63, 3.8) is 0 Å². The summed E-state index contributed by atoms with van der Waals surface area (Å²) >= 11 is 0. The van der Waals surface area contributed by atoms with E-state index in [1.54, 1.807) is 25.2 Å². The predicted molar refractivity (Wildman–Crippen MR) is 135 cm³/mol. The minimum absolute atomic E-state index is 0.00381. The van der Waals surface area contributed by atoms with Gasteiger partial charge >= 0.3 is 0 Å². The fraction of sp³-hybridized carbons (Fsp3) is 0.208. The SMILES string of the molecule is Cc1cccc(C)c1-c1cc(Oc2ccc(NCCN)cc2)nc(NS(=O)(=O)c2cnn(C)c2)n1. The van der Waals surface area contributed by atoms with Crippen LogP contribution in [0.5, 0.6) is 11.6 Å². The van der Waals surface area contributed by atoms with Crippen LogP contribution in [0.15, 0.2) is 65.8 Å². The van der Waals surface area contributed by atoms with Crippen molar-refractivity contribution >= 4 is 21.7 Å². The molecule has 0 radical (unpaired) electrons. The summed E-state index contributed by atoms with van der Waals surface area (Å²) in [5.41, 5.74) is 9.84. The molecule has 4 aromatic rings. The quantitative estimate of drug-likeness (QED) is 0.322. The van der Waals surface area contributed by atoms with E-state index in [-0.39, 0.29) is 16.7 Å². The highest BCUT2D eigenvalue weighted by atomic mass is 32.2. The number of rotatable bonds is 9. The Morgan fingerprint density at radius 2 is 1.77 bits per heavy atom. The van der Waals surface area contributed by atoms with Crippen molar-refractivity contribution in [2.24, 2.45) is 12.8 Å². The maximum atomic E-state index is 12.9. The number of nitrogens with zero attached hydrogens (tertiary/aromatic N) is 4. The van der Waals surface area contributed by atoms with Crippen LogP contribution in [0.25, 0.3) is 11.3 Å². The third-order valence-corrected chi connectivity index (χ3v) is 6.49. The van der Waals surface area contributed by atoms with Crippen molar-refractivity contribution in [3.05, 3.63) is 72.1 Å². The molecule has 0 atom stereocenters. The summed E-state index contributed by atoms with van der Waals surface area (Å²) < 4.78 is 35.6. The number of aromatic nitrogens is 4. The first-order chi connectivity index (χ1) is 16.7. The monoisotopic (exact) mass is 493 g/mol. The van der Waals surface area contributed by atoms with Crippen molar-refractivity contribution in [3.8, 4) is 22.9 Å². The van der Waals surface area contributed by atoms with Gasteiger partial charge in [-0.1, -0.05) is 18.2 Å². The number of nitrogens with two attached hydrogens (primary N) is 1. The van der Waals surface area contributed by atoms with Crippen LogP contribution in [0.2, 0.25) is 0 Å². The number of ether oxygens (including phenoxy) is 1. The lowest BCUT2D eigenvalue weighted by Gasteiger charge is -2.14. The van der Waals surface area contributed by atoms with Crippen LogP contribution in [0.4, 0.5) is 11.6 Å². The highest BCUT2D eigenvalue weighted by Gasteiger charge is 2.20. The third kappa shape index (κ3) is 5.76. The van der Waals surface area contributed by atoms with Crippen LogP contribution >= 0.6 is 0 Å². The molecule has 0 fully saturated rings. The molecule has 0 spiro atoms. The predicted octanol–water partition coefficient (Wildman–Crippen LogP) is 3.46. The average molecular weight is 494 g/mol. The van der Waals surface area contributed by atoms with Crippen LogP contribution in [0.1, 0.15) is 11.1 Å². The second kappa shape index (κ2) is 10.1. The Bertz CT molecular complexity index is 1410. The van der Waals surface area contributed by atoms with Crippen molar-refractivity contribution in [1.82, 2.24) is 19.7 Å². The van der Waals surface area contributed by atoms with Gasteiger partial charge in [-0.15, -0.1) is 0 Å². The van der Waals surface area contributed by atoms with Gasteiger partial charge in [-0.05, 0) is 49.2 Å².